The second-order valence-corrected chi connectivity index (χ2v) is 10.9. The smallest absolute Gasteiger partial charge is 0.253 e. The van der Waals surface area contributed by atoms with Gasteiger partial charge >= 0.3 is 0 Å². The molecule has 1 aromatic carbocycles. The van der Waals surface area contributed by atoms with E-state index in [1.807, 2.05) is 53.4 Å². The van der Waals surface area contributed by atoms with E-state index in [0.717, 1.165) is 17.7 Å². The number of nitrogens with zero attached hydrogens (tertiary/aromatic N) is 3. The number of benzene rings is 1. The van der Waals surface area contributed by atoms with E-state index in [2.05, 4.69) is 6.08 Å². The van der Waals surface area contributed by atoms with Crippen LogP contribution in [0.2, 0.25) is 0 Å². The molecule has 7 nitrogen and oxygen atoms in total. The van der Waals surface area contributed by atoms with Crippen LogP contribution in [0.5, 0.6) is 0 Å². The highest BCUT2D eigenvalue weighted by atomic mass is 32.2. The highest BCUT2D eigenvalue weighted by Crippen LogP contribution is 2.25. The van der Waals surface area contributed by atoms with E-state index < -0.39 is 15.9 Å². The van der Waals surface area contributed by atoms with Crippen LogP contribution >= 0.6 is 0 Å². The molecule has 2 atom stereocenters. The summed E-state index contributed by atoms with van der Waals surface area (Å²) in [6.45, 7) is 0.278. The Morgan fingerprint density at radius 2 is 1.76 bits per heavy atom. The van der Waals surface area contributed by atoms with E-state index in [9.17, 15) is 18.0 Å². The molecule has 0 saturated carbocycles. The third kappa shape index (κ3) is 5.56. The molecular weight excluding hydrogens is 450 g/mol. The fraction of sp³-hybridized carbons (Fsp3) is 0.308. The number of sulfone groups is 1. The predicted molar refractivity (Wildman–Crippen MR) is 132 cm³/mol. The lowest BCUT2D eigenvalue weighted by molar-refractivity contribution is -0.133. The number of hydrogen-bond donors (Lipinski definition) is 0. The van der Waals surface area contributed by atoms with Gasteiger partial charge in [-0.05, 0) is 54.3 Å². The molecule has 2 aliphatic rings. The summed E-state index contributed by atoms with van der Waals surface area (Å²) in [6.07, 6.45) is 12.8. The summed E-state index contributed by atoms with van der Waals surface area (Å²) < 4.78 is 26.1. The van der Waals surface area contributed by atoms with Crippen LogP contribution in [0.25, 0.3) is 5.70 Å². The number of hydrogen-bond acceptors (Lipinski definition) is 4. The van der Waals surface area contributed by atoms with Crippen molar-refractivity contribution in [2.45, 2.75) is 25.4 Å². The molecule has 0 N–H and O–H groups in total. The van der Waals surface area contributed by atoms with Crippen molar-refractivity contribution >= 4 is 27.3 Å². The van der Waals surface area contributed by atoms with Crippen molar-refractivity contribution < 1.29 is 18.0 Å². The highest BCUT2D eigenvalue weighted by Gasteiger charge is 2.31. The van der Waals surface area contributed by atoms with Gasteiger partial charge in [0.15, 0.2) is 9.84 Å². The minimum absolute atomic E-state index is 0.0522. The first-order chi connectivity index (χ1) is 16.2. The van der Waals surface area contributed by atoms with Gasteiger partial charge in [-0.3, -0.25) is 9.59 Å². The standard InChI is InChI=1S/C26H29N3O4S/c1-27(2)26(31)22-9-5-21(6-10-22)18-29(24-13-16-34(32,33)19-24)25(30)17-20-7-11-23(12-8-20)28-14-3-4-15-28/h3-7,9-16,20,24H,8,17-19H2,1-2H3. The van der Waals surface area contributed by atoms with Gasteiger partial charge in [0.1, 0.15) is 0 Å². The lowest BCUT2D eigenvalue weighted by atomic mass is 9.95. The van der Waals surface area contributed by atoms with Crippen molar-refractivity contribution in [3.8, 4) is 0 Å². The maximum Gasteiger partial charge on any atom is 0.253 e. The van der Waals surface area contributed by atoms with E-state index in [4.69, 9.17) is 0 Å². The van der Waals surface area contributed by atoms with Crippen molar-refractivity contribution in [3.05, 3.63) is 89.6 Å². The van der Waals surface area contributed by atoms with E-state index in [0.29, 0.717) is 12.0 Å². The molecule has 34 heavy (non-hydrogen) atoms. The Labute approximate surface area is 200 Å². The van der Waals surface area contributed by atoms with Gasteiger partial charge in [-0.1, -0.05) is 24.3 Å². The molecule has 0 radical (unpaired) electrons. The number of amides is 2. The second kappa shape index (κ2) is 9.85. The van der Waals surface area contributed by atoms with Crippen LogP contribution < -0.4 is 0 Å². The molecule has 2 aromatic rings. The minimum atomic E-state index is -3.31. The summed E-state index contributed by atoms with van der Waals surface area (Å²) in [5.74, 6) is -0.238. The van der Waals surface area contributed by atoms with Crippen molar-refractivity contribution in [1.82, 2.24) is 14.4 Å². The van der Waals surface area contributed by atoms with Gasteiger partial charge in [-0.25, -0.2) is 8.42 Å². The van der Waals surface area contributed by atoms with Gasteiger partial charge in [0.05, 0.1) is 11.8 Å². The van der Waals surface area contributed by atoms with Crippen LogP contribution in [-0.2, 0) is 21.2 Å². The van der Waals surface area contributed by atoms with Crippen LogP contribution in [0.15, 0.2) is 78.5 Å². The Kier molecular flexibility index (Phi) is 6.88. The second-order valence-electron chi connectivity index (χ2n) is 8.92. The van der Waals surface area contributed by atoms with Crippen LogP contribution in [-0.4, -0.2) is 60.5 Å². The monoisotopic (exact) mass is 479 g/mol. The van der Waals surface area contributed by atoms with Gasteiger partial charge in [-0.2, -0.15) is 0 Å². The molecule has 1 aliphatic heterocycles. The largest absolute Gasteiger partial charge is 0.345 e. The van der Waals surface area contributed by atoms with Crippen molar-refractivity contribution in [3.63, 3.8) is 0 Å². The fourth-order valence-electron chi connectivity index (χ4n) is 4.20. The molecule has 0 saturated heterocycles. The maximum absolute atomic E-state index is 13.4. The highest BCUT2D eigenvalue weighted by molar-refractivity contribution is 7.94. The molecule has 178 valence electrons. The van der Waals surface area contributed by atoms with Crippen molar-refractivity contribution in [2.75, 3.05) is 19.8 Å². The molecular formula is C26H29N3O4S. The quantitative estimate of drug-likeness (QED) is 0.610. The molecule has 2 unspecified atom stereocenters. The molecule has 8 heteroatoms. The Bertz CT molecular complexity index is 1240. The van der Waals surface area contributed by atoms with Crippen molar-refractivity contribution in [2.24, 2.45) is 5.92 Å². The first kappa shape index (κ1) is 23.8. The SMILES string of the molecule is CN(C)C(=O)c1ccc(CN(C(=O)CC2C=CC(n3cccc3)=CC2)C2C=CS(=O)(=O)C2)cc1. The van der Waals surface area contributed by atoms with Gasteiger partial charge in [0.25, 0.3) is 5.91 Å². The number of aromatic nitrogens is 1. The van der Waals surface area contributed by atoms with Crippen LogP contribution in [0, 0.1) is 5.92 Å². The molecule has 2 amide bonds. The number of carbonyl (C=O) groups excluding carboxylic acids is 2. The first-order valence-electron chi connectivity index (χ1n) is 11.2. The predicted octanol–water partition coefficient (Wildman–Crippen LogP) is 3.34. The van der Waals surface area contributed by atoms with Crippen LogP contribution in [0.4, 0.5) is 0 Å². The zero-order valence-electron chi connectivity index (χ0n) is 19.4. The van der Waals surface area contributed by atoms with Crippen LogP contribution in [0.1, 0.15) is 28.8 Å². The fourth-order valence-corrected chi connectivity index (χ4v) is 5.49. The summed E-state index contributed by atoms with van der Waals surface area (Å²) in [6, 6.07) is 10.5. The zero-order chi connectivity index (χ0) is 24.3. The number of rotatable bonds is 7. The van der Waals surface area contributed by atoms with E-state index in [1.165, 1.54) is 10.3 Å². The molecule has 1 aromatic heterocycles. The van der Waals surface area contributed by atoms with Crippen molar-refractivity contribution in [1.29, 1.82) is 0 Å². The normalized spacial score (nSPS) is 20.7. The maximum atomic E-state index is 13.4. The average molecular weight is 480 g/mol. The molecule has 0 bridgehead atoms. The summed E-state index contributed by atoms with van der Waals surface area (Å²) in [5.41, 5.74) is 2.48. The summed E-state index contributed by atoms with van der Waals surface area (Å²) in [7, 11) is 0.0786. The topological polar surface area (TPSA) is 79.7 Å². The summed E-state index contributed by atoms with van der Waals surface area (Å²) >= 11 is 0. The first-order valence-corrected chi connectivity index (χ1v) is 13.0. The van der Waals surface area contributed by atoms with Crippen LogP contribution in [0.3, 0.4) is 0 Å². The van der Waals surface area contributed by atoms with Gasteiger partial charge in [0, 0.05) is 56.1 Å². The molecule has 4 rings (SSSR count). The van der Waals surface area contributed by atoms with E-state index in [1.54, 1.807) is 37.2 Å². The Morgan fingerprint density at radius 3 is 2.32 bits per heavy atom. The average Bonchev–Trinajstić information content (AvgIpc) is 3.47. The lowest BCUT2D eigenvalue weighted by Gasteiger charge is -2.29. The molecule has 1 aliphatic carbocycles. The number of carbonyl (C=O) groups is 2. The molecule has 0 spiro atoms. The third-order valence-corrected chi connectivity index (χ3v) is 7.48. The van der Waals surface area contributed by atoms with Gasteiger partial charge in [0.2, 0.25) is 5.91 Å². The summed E-state index contributed by atoms with van der Waals surface area (Å²) in [4.78, 5) is 28.7. The number of allylic oxidation sites excluding steroid dienone is 4. The van der Waals surface area contributed by atoms with Gasteiger partial charge < -0.3 is 14.4 Å². The Hall–Kier alpha value is -3.39. The summed E-state index contributed by atoms with van der Waals surface area (Å²) in [5, 5.41) is 1.20. The minimum Gasteiger partial charge on any atom is -0.345 e. The third-order valence-electron chi connectivity index (χ3n) is 6.10. The Morgan fingerprint density at radius 1 is 1.06 bits per heavy atom. The van der Waals surface area contributed by atoms with Gasteiger partial charge in [-0.15, -0.1) is 0 Å². The lowest BCUT2D eigenvalue weighted by Crippen LogP contribution is -2.41. The molecule has 2 heterocycles. The van der Waals surface area contributed by atoms with E-state index >= 15 is 0 Å². The zero-order valence-corrected chi connectivity index (χ0v) is 20.2. The van der Waals surface area contributed by atoms with E-state index in [-0.39, 0.29) is 30.0 Å². The molecule has 0 fully saturated rings. The Balaban J connectivity index is 1.47.